The lowest BCUT2D eigenvalue weighted by Crippen LogP contribution is -2.45. The summed E-state index contributed by atoms with van der Waals surface area (Å²) in [5.41, 5.74) is 3.13. The average Bonchev–Trinajstić information content (AvgIpc) is 2.86. The number of rotatable bonds is 7. The summed E-state index contributed by atoms with van der Waals surface area (Å²) in [6.07, 6.45) is -2.90. The minimum atomic E-state index is -5.05. The van der Waals surface area contributed by atoms with Crippen molar-refractivity contribution in [2.45, 2.75) is 39.3 Å². The first kappa shape index (κ1) is 35.2. The Bertz CT molecular complexity index is 1500. The van der Waals surface area contributed by atoms with Crippen LogP contribution in [-0.2, 0) is 18.2 Å². The number of anilines is 2. The SMILES string of the molecule is Cc1c(C(=O)Nc2ccc(N3C[C@@H](C)O[C@@H](C)C3)nc2)cccc1-c1ccc(OC(F)(F)F)cc1.O=P(O)(O)OP(=O)(O)O. The third kappa shape index (κ3) is 11.3. The van der Waals surface area contributed by atoms with Crippen molar-refractivity contribution in [2.75, 3.05) is 23.3 Å². The summed E-state index contributed by atoms with van der Waals surface area (Å²) in [5.74, 6) is 0.218. The third-order valence-electron chi connectivity index (χ3n) is 5.94. The van der Waals surface area contributed by atoms with Crippen molar-refractivity contribution in [3.05, 3.63) is 71.9 Å². The van der Waals surface area contributed by atoms with Crippen LogP contribution in [0.5, 0.6) is 5.75 Å². The average molecular weight is 663 g/mol. The van der Waals surface area contributed by atoms with E-state index in [1.165, 1.54) is 24.3 Å². The van der Waals surface area contributed by atoms with E-state index in [1.54, 1.807) is 25.3 Å². The largest absolute Gasteiger partial charge is 0.573 e. The van der Waals surface area contributed by atoms with Gasteiger partial charge in [-0.1, -0.05) is 24.3 Å². The zero-order valence-corrected chi connectivity index (χ0v) is 25.3. The first-order valence-corrected chi connectivity index (χ1v) is 15.8. The van der Waals surface area contributed by atoms with Crippen LogP contribution in [0.3, 0.4) is 0 Å². The molecular weight excluding hydrogens is 633 g/mol. The predicted octanol–water partition coefficient (Wildman–Crippen LogP) is 5.01. The smallest absolute Gasteiger partial charge is 0.406 e. The number of pyridine rings is 1. The topological polar surface area (TPSA) is 188 Å². The quantitative estimate of drug-likeness (QED) is 0.213. The molecule has 2 aromatic carbocycles. The number of carbonyl (C=O) groups excluding carboxylic acids is 1. The van der Waals surface area contributed by atoms with Crippen LogP contribution in [-0.4, -0.2) is 62.1 Å². The van der Waals surface area contributed by atoms with E-state index in [0.29, 0.717) is 22.4 Å². The van der Waals surface area contributed by atoms with Gasteiger partial charge in [0.2, 0.25) is 0 Å². The van der Waals surface area contributed by atoms with Gasteiger partial charge < -0.3 is 39.3 Å². The number of amides is 1. The van der Waals surface area contributed by atoms with Gasteiger partial charge in [0.05, 0.1) is 24.1 Å². The standard InChI is InChI=1S/C26H26F3N3O3.H4O7P2/c1-16-14-32(15-17(2)34-16)24-12-9-20(13-30-24)31-25(33)23-6-4-5-22(18(23)3)19-7-10-21(11-8-19)35-26(27,28)29;1-8(2,3)7-9(4,5)6/h4-13,16-17H,14-15H2,1-3H3,(H,31,33);(H2,1,2,3)(H2,4,5,6)/t16-,17+;. The normalized spacial score (nSPS) is 17.4. The third-order valence-corrected chi connectivity index (χ3v) is 7.64. The lowest BCUT2D eigenvalue weighted by atomic mass is 9.96. The monoisotopic (exact) mass is 663 g/mol. The Balaban J connectivity index is 0.000000512. The molecule has 0 spiro atoms. The Labute approximate surface area is 250 Å². The summed E-state index contributed by atoms with van der Waals surface area (Å²) >= 11 is 0. The van der Waals surface area contributed by atoms with Gasteiger partial charge >= 0.3 is 22.0 Å². The van der Waals surface area contributed by atoms with Crippen molar-refractivity contribution >= 4 is 33.1 Å². The summed E-state index contributed by atoms with van der Waals surface area (Å²) < 4.78 is 69.2. The first-order valence-electron chi connectivity index (χ1n) is 12.8. The second kappa shape index (κ2) is 14.2. The van der Waals surface area contributed by atoms with Crippen molar-refractivity contribution in [1.29, 1.82) is 0 Å². The van der Waals surface area contributed by atoms with Gasteiger partial charge in [0.25, 0.3) is 5.91 Å². The molecule has 0 aliphatic carbocycles. The fraction of sp³-hybridized carbons (Fsp3) is 0.308. The van der Waals surface area contributed by atoms with Gasteiger partial charge in [0.1, 0.15) is 11.6 Å². The van der Waals surface area contributed by atoms with Gasteiger partial charge in [-0.05, 0) is 67.8 Å². The fourth-order valence-corrected chi connectivity index (χ4v) is 5.49. The lowest BCUT2D eigenvalue weighted by molar-refractivity contribution is -0.274. The van der Waals surface area contributed by atoms with Crippen molar-refractivity contribution in [1.82, 2.24) is 4.98 Å². The number of benzene rings is 2. The number of alkyl halides is 3. The summed E-state index contributed by atoms with van der Waals surface area (Å²) in [6.45, 7) is 7.35. The van der Waals surface area contributed by atoms with Crippen LogP contribution in [0.4, 0.5) is 24.7 Å². The maximum absolute atomic E-state index is 13.0. The van der Waals surface area contributed by atoms with Crippen molar-refractivity contribution < 1.29 is 60.5 Å². The van der Waals surface area contributed by atoms with Crippen LogP contribution in [0.1, 0.15) is 29.8 Å². The molecule has 0 unspecified atom stereocenters. The molecule has 1 aromatic heterocycles. The Morgan fingerprint density at radius 1 is 0.977 bits per heavy atom. The number of ether oxygens (including phenoxy) is 2. The maximum atomic E-state index is 13.0. The first-order chi connectivity index (χ1) is 20.3. The second-order valence-corrected chi connectivity index (χ2v) is 12.3. The highest BCUT2D eigenvalue weighted by Gasteiger charge is 2.31. The molecule has 0 radical (unpaired) electrons. The second-order valence-electron chi connectivity index (χ2n) is 9.63. The molecule has 44 heavy (non-hydrogen) atoms. The van der Waals surface area contributed by atoms with E-state index in [2.05, 4.69) is 24.2 Å². The van der Waals surface area contributed by atoms with E-state index >= 15 is 0 Å². The van der Waals surface area contributed by atoms with E-state index in [9.17, 15) is 27.1 Å². The molecule has 3 aromatic rings. The highest BCUT2D eigenvalue weighted by Crippen LogP contribution is 2.53. The van der Waals surface area contributed by atoms with Gasteiger partial charge in [-0.3, -0.25) is 4.79 Å². The van der Waals surface area contributed by atoms with Crippen LogP contribution in [0.25, 0.3) is 11.1 Å². The molecule has 13 nitrogen and oxygen atoms in total. The zero-order chi connectivity index (χ0) is 32.9. The van der Waals surface area contributed by atoms with E-state index in [-0.39, 0.29) is 23.9 Å². The number of carbonyl (C=O) groups is 1. The lowest BCUT2D eigenvalue weighted by Gasteiger charge is -2.36. The fourth-order valence-electron chi connectivity index (χ4n) is 4.38. The van der Waals surface area contributed by atoms with Crippen molar-refractivity contribution in [2.24, 2.45) is 0 Å². The predicted molar refractivity (Wildman–Crippen MR) is 153 cm³/mol. The molecule has 1 aliphatic heterocycles. The maximum Gasteiger partial charge on any atom is 0.573 e. The van der Waals surface area contributed by atoms with Crippen LogP contribution >= 0.6 is 15.6 Å². The molecule has 0 saturated carbocycles. The van der Waals surface area contributed by atoms with Crippen molar-refractivity contribution in [3.63, 3.8) is 0 Å². The Morgan fingerprint density at radius 2 is 1.57 bits per heavy atom. The molecule has 5 N–H and O–H groups in total. The van der Waals surface area contributed by atoms with Gasteiger partial charge in [-0.25, -0.2) is 14.1 Å². The Hall–Kier alpha value is -3.33. The number of morpholine rings is 1. The molecule has 1 aliphatic rings. The zero-order valence-electron chi connectivity index (χ0n) is 23.5. The van der Waals surface area contributed by atoms with Gasteiger partial charge in [-0.15, -0.1) is 13.2 Å². The van der Waals surface area contributed by atoms with E-state index in [4.69, 9.17) is 24.3 Å². The number of halogens is 3. The number of aromatic nitrogens is 1. The van der Waals surface area contributed by atoms with Crippen LogP contribution < -0.4 is 15.0 Å². The van der Waals surface area contributed by atoms with Crippen LogP contribution in [0.15, 0.2) is 60.8 Å². The van der Waals surface area contributed by atoms with Crippen LogP contribution in [0.2, 0.25) is 0 Å². The number of nitrogens with zero attached hydrogens (tertiary/aromatic N) is 2. The number of nitrogens with one attached hydrogen (secondary N) is 1. The molecule has 2 heterocycles. The molecule has 18 heteroatoms. The van der Waals surface area contributed by atoms with Crippen LogP contribution in [0, 0.1) is 6.92 Å². The Morgan fingerprint density at radius 3 is 2.05 bits per heavy atom. The summed E-state index contributed by atoms with van der Waals surface area (Å²) in [7, 11) is -10.1. The molecule has 0 bridgehead atoms. The summed E-state index contributed by atoms with van der Waals surface area (Å²) in [6, 6.07) is 14.5. The van der Waals surface area contributed by atoms with Crippen molar-refractivity contribution in [3.8, 4) is 16.9 Å². The van der Waals surface area contributed by atoms with E-state index < -0.39 is 22.0 Å². The minimum Gasteiger partial charge on any atom is -0.406 e. The summed E-state index contributed by atoms with van der Waals surface area (Å²) in [5, 5.41) is 2.87. The van der Waals surface area contributed by atoms with Gasteiger partial charge in [0.15, 0.2) is 0 Å². The number of hydrogen-bond acceptors (Lipinski definition) is 8. The van der Waals surface area contributed by atoms with Gasteiger partial charge in [0, 0.05) is 18.7 Å². The highest BCUT2D eigenvalue weighted by molar-refractivity contribution is 7.60. The van der Waals surface area contributed by atoms with Gasteiger partial charge in [-0.2, -0.15) is 4.31 Å². The molecular formula is C26H30F3N3O10P2. The highest BCUT2D eigenvalue weighted by atomic mass is 31.3. The summed E-state index contributed by atoms with van der Waals surface area (Å²) in [4.78, 5) is 50.6. The molecule has 1 fully saturated rings. The number of hydrogen-bond donors (Lipinski definition) is 5. The number of phosphoric acid groups is 2. The molecule has 4 rings (SSSR count). The van der Waals surface area contributed by atoms with E-state index in [1.807, 2.05) is 32.0 Å². The molecule has 1 amide bonds. The van der Waals surface area contributed by atoms with E-state index in [0.717, 1.165) is 24.5 Å². The molecule has 1 saturated heterocycles. The molecule has 240 valence electrons. The minimum absolute atomic E-state index is 0.114. The molecule has 2 atom stereocenters. The Kier molecular flexibility index (Phi) is 11.3.